The van der Waals surface area contributed by atoms with Crippen molar-refractivity contribution in [2.24, 2.45) is 0 Å². The van der Waals surface area contributed by atoms with Crippen LogP contribution in [0.5, 0.6) is 0 Å². The third kappa shape index (κ3) is 3.35. The maximum Gasteiger partial charge on any atom is 0.163 e. The van der Waals surface area contributed by atoms with E-state index in [1.807, 2.05) is 50.4 Å². The minimum absolute atomic E-state index is 0.710. The highest BCUT2D eigenvalue weighted by molar-refractivity contribution is 5.72. The lowest BCUT2D eigenvalue weighted by molar-refractivity contribution is 0.928. The number of aromatic nitrogens is 4. The van der Waals surface area contributed by atoms with Gasteiger partial charge in [0.15, 0.2) is 5.82 Å². The number of rotatable bonds is 3. The Morgan fingerprint density at radius 1 is 0.577 bits per heavy atom. The van der Waals surface area contributed by atoms with Gasteiger partial charge in [0.1, 0.15) is 11.6 Å². The van der Waals surface area contributed by atoms with Gasteiger partial charge in [-0.25, -0.2) is 15.0 Å². The predicted octanol–water partition coefficient (Wildman–Crippen LogP) is 4.88. The van der Waals surface area contributed by atoms with Crippen LogP contribution < -0.4 is 0 Å². The molecule has 2 aromatic carbocycles. The number of hydrogen-bond donors (Lipinski definition) is 0. The normalized spacial score (nSPS) is 10.7. The van der Waals surface area contributed by atoms with Crippen molar-refractivity contribution in [1.82, 2.24) is 19.9 Å². The van der Waals surface area contributed by atoms with Crippen LogP contribution in [0, 0.1) is 13.8 Å². The number of benzene rings is 2. The zero-order valence-electron chi connectivity index (χ0n) is 14.7. The zero-order valence-corrected chi connectivity index (χ0v) is 14.7. The minimum Gasteiger partial charge on any atom is -0.256 e. The van der Waals surface area contributed by atoms with Crippen molar-refractivity contribution in [2.75, 3.05) is 0 Å². The van der Waals surface area contributed by atoms with Gasteiger partial charge in [-0.2, -0.15) is 0 Å². The predicted molar refractivity (Wildman–Crippen MR) is 103 cm³/mol. The third-order valence-electron chi connectivity index (χ3n) is 4.16. The van der Waals surface area contributed by atoms with Crippen molar-refractivity contribution in [3.63, 3.8) is 0 Å². The first-order chi connectivity index (χ1) is 12.7. The molecule has 0 spiro atoms. The van der Waals surface area contributed by atoms with E-state index in [1.165, 1.54) is 0 Å². The van der Waals surface area contributed by atoms with Crippen molar-refractivity contribution in [2.45, 2.75) is 13.8 Å². The van der Waals surface area contributed by atoms with Crippen LogP contribution in [-0.2, 0) is 0 Å². The molecule has 0 aliphatic rings. The summed E-state index contributed by atoms with van der Waals surface area (Å²) in [4.78, 5) is 17.6. The Morgan fingerprint density at radius 2 is 1.27 bits per heavy atom. The van der Waals surface area contributed by atoms with Gasteiger partial charge >= 0.3 is 0 Å². The molecule has 0 saturated heterocycles. The Morgan fingerprint density at radius 3 is 1.96 bits per heavy atom. The molecule has 4 aromatic rings. The molecule has 0 saturated carbocycles. The molecule has 126 valence electrons. The van der Waals surface area contributed by atoms with Gasteiger partial charge in [-0.15, -0.1) is 0 Å². The molecule has 0 fully saturated rings. The van der Waals surface area contributed by atoms with Crippen LogP contribution in [0.15, 0.2) is 72.9 Å². The van der Waals surface area contributed by atoms with Crippen LogP contribution in [0.2, 0.25) is 0 Å². The molecule has 2 heterocycles. The van der Waals surface area contributed by atoms with Gasteiger partial charge in [0.25, 0.3) is 0 Å². The summed E-state index contributed by atoms with van der Waals surface area (Å²) in [5.74, 6) is 2.18. The van der Waals surface area contributed by atoms with E-state index < -0.39 is 0 Å². The van der Waals surface area contributed by atoms with Gasteiger partial charge in [0.2, 0.25) is 0 Å². The summed E-state index contributed by atoms with van der Waals surface area (Å²) in [5, 5.41) is 0. The van der Waals surface area contributed by atoms with Crippen LogP contribution in [-0.4, -0.2) is 19.9 Å². The molecule has 0 aliphatic heterocycles. The maximum atomic E-state index is 4.46. The number of aryl methyl sites for hydroxylation is 2. The fourth-order valence-corrected chi connectivity index (χ4v) is 2.95. The van der Waals surface area contributed by atoms with Gasteiger partial charge in [0, 0.05) is 17.3 Å². The molecule has 0 radical (unpaired) electrons. The SMILES string of the molecule is Cc1nc(C)nc(-c2cccc(-c3ccc(-c4ccccn4)cc3)c2)n1. The monoisotopic (exact) mass is 338 g/mol. The minimum atomic E-state index is 0.710. The third-order valence-corrected chi connectivity index (χ3v) is 4.16. The van der Waals surface area contributed by atoms with Crippen molar-refractivity contribution < 1.29 is 0 Å². The topological polar surface area (TPSA) is 51.6 Å². The lowest BCUT2D eigenvalue weighted by atomic mass is 10.0. The Balaban J connectivity index is 1.68. The summed E-state index contributed by atoms with van der Waals surface area (Å²) in [6, 6.07) is 22.6. The first kappa shape index (κ1) is 16.1. The molecule has 0 amide bonds. The molecule has 0 N–H and O–H groups in total. The van der Waals surface area contributed by atoms with Crippen LogP contribution in [0.25, 0.3) is 33.8 Å². The van der Waals surface area contributed by atoms with E-state index in [4.69, 9.17) is 0 Å². The van der Waals surface area contributed by atoms with E-state index >= 15 is 0 Å². The summed E-state index contributed by atoms with van der Waals surface area (Å²) in [7, 11) is 0. The van der Waals surface area contributed by atoms with Gasteiger partial charge < -0.3 is 0 Å². The molecule has 0 unspecified atom stereocenters. The van der Waals surface area contributed by atoms with Crippen LogP contribution in [0.1, 0.15) is 11.6 Å². The standard InChI is InChI=1S/C22H18N4/c1-15-24-16(2)26-22(25-15)20-7-5-6-19(14-20)17-9-11-18(12-10-17)21-8-3-4-13-23-21/h3-14H,1-2H3. The molecule has 4 nitrogen and oxygen atoms in total. The molecule has 0 atom stereocenters. The Hall–Kier alpha value is -3.40. The second kappa shape index (κ2) is 6.84. The Kier molecular flexibility index (Phi) is 4.23. The van der Waals surface area contributed by atoms with Crippen molar-refractivity contribution in [1.29, 1.82) is 0 Å². The first-order valence-corrected chi connectivity index (χ1v) is 8.50. The van der Waals surface area contributed by atoms with Crippen LogP contribution in [0.4, 0.5) is 0 Å². The summed E-state index contributed by atoms with van der Waals surface area (Å²) in [6.45, 7) is 3.77. The molecule has 4 heteroatoms. The average molecular weight is 338 g/mol. The van der Waals surface area contributed by atoms with Gasteiger partial charge in [0.05, 0.1) is 5.69 Å². The Bertz CT molecular complexity index is 1020. The number of pyridine rings is 1. The summed E-state index contributed by atoms with van der Waals surface area (Å²) in [5.41, 5.74) is 5.35. The highest BCUT2D eigenvalue weighted by Gasteiger charge is 2.07. The smallest absolute Gasteiger partial charge is 0.163 e. The molecular weight excluding hydrogens is 320 g/mol. The second-order valence-electron chi connectivity index (χ2n) is 6.13. The van der Waals surface area contributed by atoms with E-state index in [0.717, 1.165) is 39.6 Å². The molecule has 26 heavy (non-hydrogen) atoms. The zero-order chi connectivity index (χ0) is 17.9. The van der Waals surface area contributed by atoms with Crippen LogP contribution in [0.3, 0.4) is 0 Å². The first-order valence-electron chi connectivity index (χ1n) is 8.50. The molecule has 0 aliphatic carbocycles. The summed E-state index contributed by atoms with van der Waals surface area (Å²) < 4.78 is 0. The van der Waals surface area contributed by atoms with E-state index in [2.05, 4.69) is 56.3 Å². The van der Waals surface area contributed by atoms with Crippen molar-refractivity contribution in [3.8, 4) is 33.8 Å². The molecule has 4 rings (SSSR count). The van der Waals surface area contributed by atoms with E-state index in [9.17, 15) is 0 Å². The lowest BCUT2D eigenvalue weighted by Gasteiger charge is -2.07. The quantitative estimate of drug-likeness (QED) is 0.534. The average Bonchev–Trinajstić information content (AvgIpc) is 2.68. The summed E-state index contributed by atoms with van der Waals surface area (Å²) in [6.07, 6.45) is 1.81. The molecule has 2 aromatic heterocycles. The number of nitrogens with zero attached hydrogens (tertiary/aromatic N) is 4. The van der Waals surface area contributed by atoms with Crippen LogP contribution >= 0.6 is 0 Å². The lowest BCUT2D eigenvalue weighted by Crippen LogP contribution is -1.98. The fourth-order valence-electron chi connectivity index (χ4n) is 2.95. The van der Waals surface area contributed by atoms with Gasteiger partial charge in [-0.05, 0) is 43.2 Å². The Labute approximate surface area is 152 Å². The molecule has 0 bridgehead atoms. The van der Waals surface area contributed by atoms with E-state index in [0.29, 0.717) is 5.82 Å². The van der Waals surface area contributed by atoms with Crippen molar-refractivity contribution in [3.05, 3.63) is 84.6 Å². The van der Waals surface area contributed by atoms with E-state index in [1.54, 1.807) is 0 Å². The number of hydrogen-bond acceptors (Lipinski definition) is 4. The maximum absolute atomic E-state index is 4.46. The van der Waals surface area contributed by atoms with Crippen molar-refractivity contribution >= 4 is 0 Å². The molecular formula is C22H18N4. The second-order valence-corrected chi connectivity index (χ2v) is 6.13. The van der Waals surface area contributed by atoms with Gasteiger partial charge in [-0.1, -0.05) is 48.5 Å². The largest absolute Gasteiger partial charge is 0.256 e. The summed E-state index contributed by atoms with van der Waals surface area (Å²) >= 11 is 0. The highest BCUT2D eigenvalue weighted by Crippen LogP contribution is 2.27. The fraction of sp³-hybridized carbons (Fsp3) is 0.0909. The highest BCUT2D eigenvalue weighted by atomic mass is 15.0. The van der Waals surface area contributed by atoms with E-state index in [-0.39, 0.29) is 0 Å². The van der Waals surface area contributed by atoms with Gasteiger partial charge in [-0.3, -0.25) is 4.98 Å².